The lowest BCUT2D eigenvalue weighted by atomic mass is 9.91. The first-order valence-electron chi connectivity index (χ1n) is 7.51. The summed E-state index contributed by atoms with van der Waals surface area (Å²) in [6.07, 6.45) is 10.1. The Balaban J connectivity index is 1.95. The summed E-state index contributed by atoms with van der Waals surface area (Å²) in [6.45, 7) is 4.27. The van der Waals surface area contributed by atoms with Crippen molar-refractivity contribution < 1.29 is 18.9 Å². The molecule has 1 saturated heterocycles. The Kier molecular flexibility index (Phi) is 6.65. The molecule has 4 heteroatoms. The third kappa shape index (κ3) is 5.10. The number of hydrogen-bond acceptors (Lipinski definition) is 4. The molecule has 0 amide bonds. The van der Waals surface area contributed by atoms with Crippen LogP contribution in [0.3, 0.4) is 0 Å². The second-order valence-electron chi connectivity index (χ2n) is 5.76. The lowest BCUT2D eigenvalue weighted by Crippen LogP contribution is -2.46. The Bertz CT molecular complexity index is 535. The van der Waals surface area contributed by atoms with Crippen LogP contribution in [0.4, 0.5) is 0 Å². The molecule has 2 rings (SSSR count). The number of ether oxygens (including phenoxy) is 4. The van der Waals surface area contributed by atoms with Gasteiger partial charge in [-0.05, 0) is 6.92 Å². The van der Waals surface area contributed by atoms with E-state index in [0.717, 1.165) is 5.56 Å². The minimum atomic E-state index is -0.394. The minimum absolute atomic E-state index is 0.248. The first-order chi connectivity index (χ1) is 11.2. The van der Waals surface area contributed by atoms with E-state index in [4.69, 9.17) is 31.8 Å². The molecule has 0 radical (unpaired) electrons. The van der Waals surface area contributed by atoms with Crippen molar-refractivity contribution in [2.24, 2.45) is 5.41 Å². The van der Waals surface area contributed by atoms with E-state index in [0.29, 0.717) is 26.4 Å². The molecule has 0 aliphatic carbocycles. The van der Waals surface area contributed by atoms with Crippen LogP contribution in [0.25, 0.3) is 0 Å². The average Bonchev–Trinajstić information content (AvgIpc) is 2.57. The summed E-state index contributed by atoms with van der Waals surface area (Å²) in [5.74, 6) is 4.91. The Morgan fingerprint density at radius 2 is 1.57 bits per heavy atom. The maximum atomic E-state index is 5.90. The average molecular weight is 314 g/mol. The quantitative estimate of drug-likeness (QED) is 0.572. The Morgan fingerprint density at radius 3 is 2.04 bits per heavy atom. The van der Waals surface area contributed by atoms with Crippen molar-refractivity contribution in [3.8, 4) is 24.7 Å². The fourth-order valence-corrected chi connectivity index (χ4v) is 2.37. The van der Waals surface area contributed by atoms with Gasteiger partial charge >= 0.3 is 0 Å². The molecule has 1 heterocycles. The monoisotopic (exact) mass is 314 g/mol. The van der Waals surface area contributed by atoms with E-state index in [1.165, 1.54) is 5.56 Å². The van der Waals surface area contributed by atoms with Crippen LogP contribution in [0.1, 0.15) is 17.4 Å². The van der Waals surface area contributed by atoms with Gasteiger partial charge in [0.1, 0.15) is 13.2 Å². The molecule has 0 bridgehead atoms. The van der Waals surface area contributed by atoms with Crippen molar-refractivity contribution in [2.45, 2.75) is 13.2 Å². The molecular formula is C19H22O4. The van der Waals surface area contributed by atoms with Gasteiger partial charge in [0.25, 0.3) is 0 Å². The highest BCUT2D eigenvalue weighted by Gasteiger charge is 2.38. The molecule has 0 N–H and O–H groups in total. The lowest BCUT2D eigenvalue weighted by Gasteiger charge is -2.39. The molecule has 0 spiro atoms. The van der Waals surface area contributed by atoms with E-state index in [9.17, 15) is 0 Å². The molecule has 1 aliphatic rings. The predicted octanol–water partition coefficient (Wildman–Crippen LogP) is 2.33. The molecule has 122 valence electrons. The number of benzene rings is 1. The fraction of sp³-hybridized carbons (Fsp3) is 0.474. The Hall–Kier alpha value is -1.82. The van der Waals surface area contributed by atoms with Crippen LogP contribution in [-0.2, 0) is 18.9 Å². The van der Waals surface area contributed by atoms with Crippen molar-refractivity contribution in [2.75, 3.05) is 39.6 Å². The summed E-state index contributed by atoms with van der Waals surface area (Å²) in [5.41, 5.74) is 1.80. The zero-order valence-corrected chi connectivity index (χ0v) is 13.4. The van der Waals surface area contributed by atoms with Gasteiger partial charge in [-0.15, -0.1) is 12.8 Å². The van der Waals surface area contributed by atoms with Gasteiger partial charge in [-0.25, -0.2) is 0 Å². The maximum absolute atomic E-state index is 5.90. The molecule has 1 aromatic carbocycles. The molecule has 1 fully saturated rings. The third-order valence-electron chi connectivity index (χ3n) is 3.62. The Labute approximate surface area is 138 Å². The molecule has 1 aliphatic heterocycles. The van der Waals surface area contributed by atoms with Gasteiger partial charge in [-0.3, -0.25) is 0 Å². The first-order valence-corrected chi connectivity index (χ1v) is 7.51. The van der Waals surface area contributed by atoms with Crippen LogP contribution in [0.2, 0.25) is 0 Å². The number of aryl methyl sites for hydroxylation is 1. The molecule has 0 unspecified atom stereocenters. The van der Waals surface area contributed by atoms with Gasteiger partial charge in [0.05, 0.1) is 31.8 Å². The van der Waals surface area contributed by atoms with Crippen LogP contribution in [0.5, 0.6) is 0 Å². The highest BCUT2D eigenvalue weighted by molar-refractivity contribution is 5.22. The number of rotatable bonds is 7. The van der Waals surface area contributed by atoms with E-state index in [-0.39, 0.29) is 19.5 Å². The molecular weight excluding hydrogens is 292 g/mol. The summed E-state index contributed by atoms with van der Waals surface area (Å²) in [7, 11) is 0. The minimum Gasteiger partial charge on any atom is -0.368 e. The van der Waals surface area contributed by atoms with Gasteiger partial charge in [-0.2, -0.15) is 0 Å². The van der Waals surface area contributed by atoms with E-state index in [2.05, 4.69) is 11.8 Å². The van der Waals surface area contributed by atoms with Gasteiger partial charge in [0.15, 0.2) is 6.29 Å². The highest BCUT2D eigenvalue weighted by Crippen LogP contribution is 2.32. The van der Waals surface area contributed by atoms with E-state index < -0.39 is 5.41 Å². The largest absolute Gasteiger partial charge is 0.368 e. The predicted molar refractivity (Wildman–Crippen MR) is 87.6 cm³/mol. The van der Waals surface area contributed by atoms with Gasteiger partial charge in [0, 0.05) is 5.56 Å². The summed E-state index contributed by atoms with van der Waals surface area (Å²) in [6, 6.07) is 8.10. The zero-order valence-electron chi connectivity index (χ0n) is 13.4. The molecule has 0 saturated carbocycles. The van der Waals surface area contributed by atoms with Crippen molar-refractivity contribution in [1.82, 2.24) is 0 Å². The van der Waals surface area contributed by atoms with Crippen molar-refractivity contribution >= 4 is 0 Å². The van der Waals surface area contributed by atoms with Crippen LogP contribution in [-0.4, -0.2) is 39.6 Å². The summed E-state index contributed by atoms with van der Waals surface area (Å²) in [4.78, 5) is 0. The third-order valence-corrected chi connectivity index (χ3v) is 3.62. The molecule has 0 atom stereocenters. The standard InChI is InChI=1S/C19H22O4/c1-4-10-20-12-19(13-21-11-5-2)14-22-18(23-15-19)17-8-6-16(3)7-9-17/h1-2,6-9,18H,10-15H2,3H3. The summed E-state index contributed by atoms with van der Waals surface area (Å²) in [5, 5.41) is 0. The second kappa shape index (κ2) is 8.72. The maximum Gasteiger partial charge on any atom is 0.183 e. The van der Waals surface area contributed by atoms with Crippen LogP contribution < -0.4 is 0 Å². The van der Waals surface area contributed by atoms with Gasteiger partial charge in [-0.1, -0.05) is 41.7 Å². The SMILES string of the molecule is C#CCOCC1(COCC#C)COC(c2ccc(C)cc2)OC1. The Morgan fingerprint density at radius 1 is 1.04 bits per heavy atom. The normalized spacial score (nSPS) is 17.3. The smallest absolute Gasteiger partial charge is 0.183 e. The molecule has 4 nitrogen and oxygen atoms in total. The molecule has 23 heavy (non-hydrogen) atoms. The summed E-state index contributed by atoms with van der Waals surface area (Å²) < 4.78 is 22.8. The van der Waals surface area contributed by atoms with Crippen LogP contribution >= 0.6 is 0 Å². The van der Waals surface area contributed by atoms with Crippen LogP contribution in [0.15, 0.2) is 24.3 Å². The van der Waals surface area contributed by atoms with E-state index in [1.807, 2.05) is 31.2 Å². The van der Waals surface area contributed by atoms with Crippen molar-refractivity contribution in [3.05, 3.63) is 35.4 Å². The van der Waals surface area contributed by atoms with Gasteiger partial charge < -0.3 is 18.9 Å². The lowest BCUT2D eigenvalue weighted by molar-refractivity contribution is -0.253. The summed E-state index contributed by atoms with van der Waals surface area (Å²) >= 11 is 0. The molecule has 1 aromatic rings. The fourth-order valence-electron chi connectivity index (χ4n) is 2.37. The topological polar surface area (TPSA) is 36.9 Å². The van der Waals surface area contributed by atoms with E-state index in [1.54, 1.807) is 0 Å². The van der Waals surface area contributed by atoms with Crippen LogP contribution in [0, 0.1) is 37.0 Å². The number of hydrogen-bond donors (Lipinski definition) is 0. The highest BCUT2D eigenvalue weighted by atomic mass is 16.7. The first kappa shape index (κ1) is 17.5. The van der Waals surface area contributed by atoms with Crippen molar-refractivity contribution in [3.63, 3.8) is 0 Å². The number of terminal acetylenes is 2. The van der Waals surface area contributed by atoms with Crippen molar-refractivity contribution in [1.29, 1.82) is 0 Å². The zero-order chi connectivity index (χ0) is 16.5. The van der Waals surface area contributed by atoms with E-state index >= 15 is 0 Å². The second-order valence-corrected chi connectivity index (χ2v) is 5.76. The molecule has 0 aromatic heterocycles. The van der Waals surface area contributed by atoms with Gasteiger partial charge in [0.2, 0.25) is 0 Å².